The molecule has 3 aliphatic carbocycles. The fourth-order valence-electron chi connectivity index (χ4n) is 4.69. The average Bonchev–Trinajstić information content (AvgIpc) is 2.66. The van der Waals surface area contributed by atoms with Crippen LogP contribution in [0, 0.1) is 30.6 Å². The van der Waals surface area contributed by atoms with Gasteiger partial charge in [0, 0.05) is 25.2 Å². The minimum Gasteiger partial charge on any atom is -0.309 e. The van der Waals surface area contributed by atoms with Gasteiger partial charge in [0.15, 0.2) is 0 Å². The molecule has 0 aliphatic heterocycles. The Kier molecular flexibility index (Phi) is 2.34. The second-order valence-electron chi connectivity index (χ2n) is 6.37. The Labute approximate surface area is 113 Å². The van der Waals surface area contributed by atoms with Crippen molar-refractivity contribution in [2.45, 2.75) is 38.8 Å². The number of rotatable bonds is 3. The number of aryl methyl sites for hydroxylation is 2. The van der Waals surface area contributed by atoms with Crippen molar-refractivity contribution in [3.63, 3.8) is 0 Å². The lowest BCUT2D eigenvalue weighted by molar-refractivity contribution is 0.456. The number of nitrogens with zero attached hydrogens (tertiary/aromatic N) is 2. The van der Waals surface area contributed by atoms with Crippen LogP contribution in [0.25, 0.3) is 0 Å². The topological polar surface area (TPSA) is 29.9 Å². The molecule has 0 amide bonds. The third-order valence-corrected chi connectivity index (χ3v) is 5.99. The van der Waals surface area contributed by atoms with Crippen LogP contribution in [-0.2, 0) is 13.6 Å². The first-order valence-electron chi connectivity index (χ1n) is 7.08. The highest BCUT2D eigenvalue weighted by molar-refractivity contribution is 6.30. The van der Waals surface area contributed by atoms with Crippen LogP contribution < -0.4 is 5.32 Å². The number of aromatic nitrogens is 2. The molecule has 4 atom stereocenters. The van der Waals surface area contributed by atoms with Gasteiger partial charge in [-0.3, -0.25) is 4.68 Å². The number of nitrogens with one attached hydrogen (secondary N) is 1. The van der Waals surface area contributed by atoms with E-state index in [4.69, 9.17) is 11.6 Å². The van der Waals surface area contributed by atoms with E-state index in [1.807, 2.05) is 14.0 Å². The smallest absolute Gasteiger partial charge is 0.131 e. The van der Waals surface area contributed by atoms with Gasteiger partial charge in [0.25, 0.3) is 0 Å². The molecule has 18 heavy (non-hydrogen) atoms. The van der Waals surface area contributed by atoms with Crippen LogP contribution in [0.3, 0.4) is 0 Å². The van der Waals surface area contributed by atoms with Crippen molar-refractivity contribution in [2.24, 2.45) is 30.7 Å². The summed E-state index contributed by atoms with van der Waals surface area (Å²) in [5.41, 5.74) is 2.24. The molecule has 0 radical (unpaired) electrons. The Morgan fingerprint density at radius 3 is 2.56 bits per heavy atom. The molecule has 1 heterocycles. The first kappa shape index (κ1) is 11.3. The molecule has 1 aromatic heterocycles. The van der Waals surface area contributed by atoms with Crippen LogP contribution in [0.1, 0.15) is 30.5 Å². The Morgan fingerprint density at radius 1 is 1.33 bits per heavy atom. The third kappa shape index (κ3) is 1.44. The molecule has 3 fully saturated rings. The quantitative estimate of drug-likeness (QED) is 0.910. The fourth-order valence-corrected chi connectivity index (χ4v) is 4.93. The zero-order chi connectivity index (χ0) is 12.4. The van der Waals surface area contributed by atoms with Crippen molar-refractivity contribution < 1.29 is 0 Å². The molecule has 3 saturated carbocycles. The summed E-state index contributed by atoms with van der Waals surface area (Å²) < 4.78 is 1.77. The predicted molar refractivity (Wildman–Crippen MR) is 71.4 cm³/mol. The summed E-state index contributed by atoms with van der Waals surface area (Å²) >= 11 is 6.27. The van der Waals surface area contributed by atoms with E-state index < -0.39 is 0 Å². The summed E-state index contributed by atoms with van der Waals surface area (Å²) in [6.07, 6.45) is 4.48. The van der Waals surface area contributed by atoms with Crippen molar-refractivity contribution in [3.05, 3.63) is 16.4 Å². The van der Waals surface area contributed by atoms with Crippen LogP contribution in [0.4, 0.5) is 0 Å². The number of hydrogen-bond donors (Lipinski definition) is 1. The van der Waals surface area contributed by atoms with Crippen LogP contribution in [0.2, 0.25) is 5.15 Å². The zero-order valence-corrected chi connectivity index (χ0v) is 11.7. The normalized spacial score (nSPS) is 40.3. The summed E-state index contributed by atoms with van der Waals surface area (Å²) in [7, 11) is 1.91. The molecule has 0 aromatic carbocycles. The lowest BCUT2D eigenvalue weighted by atomic mass is 10.0. The fraction of sp³-hybridized carbons (Fsp3) is 0.786. The number of hydrogen-bond acceptors (Lipinski definition) is 2. The standard InChI is InChI=1S/C14H20ClN3/c1-7-10(14(15)18(2)17-7)6-16-13-11-8-3-4-9(5-8)12(11)13/h8-9,11-13,16H,3-6H2,1-2H3. The van der Waals surface area contributed by atoms with E-state index in [9.17, 15) is 0 Å². The van der Waals surface area contributed by atoms with Gasteiger partial charge in [-0.15, -0.1) is 0 Å². The SMILES string of the molecule is Cc1nn(C)c(Cl)c1CNC1C2C3CCC(C3)C12. The van der Waals surface area contributed by atoms with Gasteiger partial charge in [-0.1, -0.05) is 11.6 Å². The van der Waals surface area contributed by atoms with Gasteiger partial charge in [-0.2, -0.15) is 5.10 Å². The van der Waals surface area contributed by atoms with Crippen LogP contribution in [-0.4, -0.2) is 15.8 Å². The minimum atomic E-state index is 0.770. The highest BCUT2D eigenvalue weighted by Crippen LogP contribution is 2.65. The molecule has 4 heteroatoms. The van der Waals surface area contributed by atoms with Crippen molar-refractivity contribution in [1.82, 2.24) is 15.1 Å². The van der Waals surface area contributed by atoms with E-state index in [0.29, 0.717) is 0 Å². The van der Waals surface area contributed by atoms with Crippen molar-refractivity contribution in [1.29, 1.82) is 0 Å². The summed E-state index contributed by atoms with van der Waals surface area (Å²) in [5.74, 6) is 4.03. The summed E-state index contributed by atoms with van der Waals surface area (Å²) in [5, 5.41) is 8.89. The average molecular weight is 266 g/mol. The van der Waals surface area contributed by atoms with Gasteiger partial charge >= 0.3 is 0 Å². The van der Waals surface area contributed by atoms with E-state index in [1.165, 1.54) is 24.8 Å². The molecule has 2 bridgehead atoms. The van der Waals surface area contributed by atoms with Gasteiger partial charge in [0.2, 0.25) is 0 Å². The van der Waals surface area contributed by atoms with E-state index in [0.717, 1.165) is 47.1 Å². The molecule has 0 spiro atoms. The number of halogens is 1. The summed E-state index contributed by atoms with van der Waals surface area (Å²) in [4.78, 5) is 0. The second kappa shape index (κ2) is 3.73. The third-order valence-electron chi connectivity index (χ3n) is 5.52. The Morgan fingerprint density at radius 2 is 2.00 bits per heavy atom. The van der Waals surface area contributed by atoms with Gasteiger partial charge in [-0.25, -0.2) is 0 Å². The van der Waals surface area contributed by atoms with Crippen LogP contribution in [0.15, 0.2) is 0 Å². The van der Waals surface area contributed by atoms with E-state index in [1.54, 1.807) is 4.68 Å². The van der Waals surface area contributed by atoms with Gasteiger partial charge in [0.1, 0.15) is 5.15 Å². The highest BCUT2D eigenvalue weighted by atomic mass is 35.5. The lowest BCUT2D eigenvalue weighted by Gasteiger charge is -2.10. The zero-order valence-electron chi connectivity index (χ0n) is 11.0. The Hall–Kier alpha value is -0.540. The highest BCUT2D eigenvalue weighted by Gasteiger charge is 2.64. The van der Waals surface area contributed by atoms with Crippen LogP contribution >= 0.6 is 11.6 Å². The van der Waals surface area contributed by atoms with E-state index in [-0.39, 0.29) is 0 Å². The first-order valence-corrected chi connectivity index (χ1v) is 7.46. The van der Waals surface area contributed by atoms with Crippen LogP contribution in [0.5, 0.6) is 0 Å². The van der Waals surface area contributed by atoms with Crippen molar-refractivity contribution >= 4 is 11.6 Å². The maximum Gasteiger partial charge on any atom is 0.131 e. The van der Waals surface area contributed by atoms with Gasteiger partial charge in [0.05, 0.1) is 5.69 Å². The van der Waals surface area contributed by atoms with E-state index in [2.05, 4.69) is 10.4 Å². The Balaban J connectivity index is 1.43. The lowest BCUT2D eigenvalue weighted by Crippen LogP contribution is -2.22. The molecule has 3 nitrogen and oxygen atoms in total. The molecular weight excluding hydrogens is 246 g/mol. The van der Waals surface area contributed by atoms with Crippen molar-refractivity contribution in [3.8, 4) is 0 Å². The second-order valence-corrected chi connectivity index (χ2v) is 6.73. The molecule has 4 unspecified atom stereocenters. The monoisotopic (exact) mass is 265 g/mol. The van der Waals surface area contributed by atoms with Gasteiger partial charge in [-0.05, 0) is 49.9 Å². The number of fused-ring (bicyclic) bond motifs is 5. The molecule has 3 aliphatic rings. The molecule has 1 N–H and O–H groups in total. The summed E-state index contributed by atoms with van der Waals surface area (Å²) in [6, 6.07) is 0.770. The maximum atomic E-state index is 6.27. The molecular formula is C14H20ClN3. The largest absolute Gasteiger partial charge is 0.309 e. The first-order chi connectivity index (χ1) is 8.66. The Bertz CT molecular complexity index is 479. The van der Waals surface area contributed by atoms with E-state index >= 15 is 0 Å². The predicted octanol–water partition coefficient (Wildman–Crippen LogP) is 2.52. The van der Waals surface area contributed by atoms with Gasteiger partial charge < -0.3 is 5.32 Å². The summed E-state index contributed by atoms with van der Waals surface area (Å²) in [6.45, 7) is 2.93. The minimum absolute atomic E-state index is 0.770. The maximum absolute atomic E-state index is 6.27. The molecule has 0 saturated heterocycles. The molecule has 4 rings (SSSR count). The van der Waals surface area contributed by atoms with Crippen molar-refractivity contribution in [2.75, 3.05) is 0 Å². The molecule has 1 aromatic rings. The molecule has 98 valence electrons.